The van der Waals surface area contributed by atoms with Gasteiger partial charge in [0, 0.05) is 57.6 Å². The van der Waals surface area contributed by atoms with Crippen molar-refractivity contribution in [2.24, 2.45) is 0 Å². The summed E-state index contributed by atoms with van der Waals surface area (Å²) in [6.45, 7) is 3.31. The predicted molar refractivity (Wildman–Crippen MR) is 103 cm³/mol. The standard InChI is InChI=1S/C20H27N5O3/c1-22-11-8-20(7-6-18(22)26)15-24(13-12-23(20)2)19(27)17-5-4-16(28-17)14-25-10-3-9-21-25/h3-5,9-10H,6-8,11-15H2,1-2H3/t20-/m0/s1. The van der Waals surface area contributed by atoms with Crippen molar-refractivity contribution in [2.75, 3.05) is 40.3 Å². The van der Waals surface area contributed by atoms with Gasteiger partial charge >= 0.3 is 0 Å². The van der Waals surface area contributed by atoms with E-state index in [0.717, 1.165) is 25.9 Å². The van der Waals surface area contributed by atoms with Gasteiger partial charge in [-0.05, 0) is 38.1 Å². The molecule has 2 fully saturated rings. The molecular formula is C20H27N5O3. The van der Waals surface area contributed by atoms with E-state index in [9.17, 15) is 9.59 Å². The minimum Gasteiger partial charge on any atom is -0.454 e. The number of furan rings is 1. The van der Waals surface area contributed by atoms with Gasteiger partial charge in [-0.2, -0.15) is 5.10 Å². The van der Waals surface area contributed by atoms with Crippen LogP contribution in [0.15, 0.2) is 35.0 Å². The SMILES string of the molecule is CN1CC[C@@]2(CCC1=O)CN(C(=O)c1ccc(Cn3cccn3)o1)CCN2C. The Balaban J connectivity index is 1.47. The summed E-state index contributed by atoms with van der Waals surface area (Å²) < 4.78 is 7.57. The Morgan fingerprint density at radius 3 is 2.86 bits per heavy atom. The number of nitrogens with zero attached hydrogens (tertiary/aromatic N) is 5. The third-order valence-corrected chi connectivity index (χ3v) is 6.18. The van der Waals surface area contributed by atoms with Crippen LogP contribution < -0.4 is 0 Å². The van der Waals surface area contributed by atoms with Crippen LogP contribution in [0.25, 0.3) is 0 Å². The van der Waals surface area contributed by atoms with Gasteiger partial charge in [-0.25, -0.2) is 0 Å². The van der Waals surface area contributed by atoms with Gasteiger partial charge in [0.15, 0.2) is 5.76 Å². The molecule has 1 spiro atoms. The van der Waals surface area contributed by atoms with E-state index in [2.05, 4.69) is 17.0 Å². The molecule has 2 aromatic rings. The zero-order valence-corrected chi connectivity index (χ0v) is 16.5. The third-order valence-electron chi connectivity index (χ3n) is 6.18. The van der Waals surface area contributed by atoms with Crippen molar-refractivity contribution in [3.63, 3.8) is 0 Å². The molecule has 2 saturated heterocycles. The molecule has 2 aliphatic heterocycles. The number of rotatable bonds is 3. The Morgan fingerprint density at radius 1 is 1.21 bits per heavy atom. The fourth-order valence-corrected chi connectivity index (χ4v) is 4.22. The molecule has 0 N–H and O–H groups in total. The van der Waals surface area contributed by atoms with Crippen LogP contribution in [0, 0.1) is 0 Å². The van der Waals surface area contributed by atoms with E-state index in [-0.39, 0.29) is 17.4 Å². The third kappa shape index (κ3) is 3.56. The van der Waals surface area contributed by atoms with E-state index in [1.54, 1.807) is 21.8 Å². The van der Waals surface area contributed by atoms with E-state index >= 15 is 0 Å². The van der Waals surface area contributed by atoms with Crippen LogP contribution in [0.2, 0.25) is 0 Å². The second-order valence-electron chi connectivity index (χ2n) is 7.91. The topological polar surface area (TPSA) is 74.8 Å². The number of amides is 2. The summed E-state index contributed by atoms with van der Waals surface area (Å²) in [6.07, 6.45) is 5.75. The summed E-state index contributed by atoms with van der Waals surface area (Å²) in [5.74, 6) is 1.17. The summed E-state index contributed by atoms with van der Waals surface area (Å²) in [5.41, 5.74) is -0.154. The zero-order chi connectivity index (χ0) is 19.7. The molecule has 150 valence electrons. The number of carbonyl (C=O) groups is 2. The Bertz CT molecular complexity index is 846. The van der Waals surface area contributed by atoms with Gasteiger partial charge in [0.2, 0.25) is 5.91 Å². The lowest BCUT2D eigenvalue weighted by molar-refractivity contribution is -0.129. The number of piperazine rings is 1. The van der Waals surface area contributed by atoms with E-state index in [0.29, 0.717) is 37.6 Å². The molecule has 0 saturated carbocycles. The van der Waals surface area contributed by atoms with Crippen molar-refractivity contribution in [3.05, 3.63) is 42.1 Å². The van der Waals surface area contributed by atoms with E-state index in [1.807, 2.05) is 30.3 Å². The highest BCUT2D eigenvalue weighted by molar-refractivity contribution is 5.91. The maximum absolute atomic E-state index is 13.1. The number of carbonyl (C=O) groups excluding carboxylic acids is 2. The number of hydrogen-bond acceptors (Lipinski definition) is 5. The average molecular weight is 385 g/mol. The van der Waals surface area contributed by atoms with E-state index < -0.39 is 0 Å². The highest BCUT2D eigenvalue weighted by Crippen LogP contribution is 2.32. The number of hydrogen-bond donors (Lipinski definition) is 0. The van der Waals surface area contributed by atoms with Gasteiger partial charge in [0.1, 0.15) is 5.76 Å². The van der Waals surface area contributed by atoms with Crippen molar-refractivity contribution >= 4 is 11.8 Å². The molecule has 0 aliphatic carbocycles. The lowest BCUT2D eigenvalue weighted by Crippen LogP contribution is -2.62. The van der Waals surface area contributed by atoms with Crippen molar-refractivity contribution < 1.29 is 14.0 Å². The van der Waals surface area contributed by atoms with Crippen LogP contribution in [0.3, 0.4) is 0 Å². The number of likely N-dealkylation sites (tertiary alicyclic amines) is 1. The predicted octanol–water partition coefficient (Wildman–Crippen LogP) is 1.29. The lowest BCUT2D eigenvalue weighted by Gasteiger charge is -2.49. The highest BCUT2D eigenvalue weighted by atomic mass is 16.4. The minimum atomic E-state index is -0.154. The molecule has 8 heteroatoms. The Hall–Kier alpha value is -2.61. The average Bonchev–Trinajstić information content (AvgIpc) is 3.35. The summed E-state index contributed by atoms with van der Waals surface area (Å²) in [5, 5.41) is 4.17. The Morgan fingerprint density at radius 2 is 2.07 bits per heavy atom. The van der Waals surface area contributed by atoms with Crippen LogP contribution in [0.4, 0.5) is 0 Å². The second kappa shape index (κ2) is 7.43. The first-order chi connectivity index (χ1) is 13.5. The molecule has 2 aliphatic rings. The summed E-state index contributed by atoms with van der Waals surface area (Å²) in [4.78, 5) is 31.2. The molecule has 0 radical (unpaired) electrons. The molecule has 0 unspecified atom stereocenters. The molecule has 1 atom stereocenters. The molecule has 2 amide bonds. The molecule has 2 aromatic heterocycles. The Kier molecular flexibility index (Phi) is 4.97. The smallest absolute Gasteiger partial charge is 0.289 e. The quantitative estimate of drug-likeness (QED) is 0.796. The first-order valence-corrected chi connectivity index (χ1v) is 9.77. The summed E-state index contributed by atoms with van der Waals surface area (Å²) in [6, 6.07) is 5.43. The van der Waals surface area contributed by atoms with Crippen LogP contribution >= 0.6 is 0 Å². The van der Waals surface area contributed by atoms with Gasteiger partial charge in [-0.3, -0.25) is 19.2 Å². The molecule has 0 bridgehead atoms. The van der Waals surface area contributed by atoms with Gasteiger partial charge in [0.25, 0.3) is 5.91 Å². The molecule has 4 heterocycles. The van der Waals surface area contributed by atoms with Gasteiger partial charge in [-0.1, -0.05) is 0 Å². The van der Waals surface area contributed by atoms with E-state index in [4.69, 9.17) is 4.42 Å². The molecule has 4 rings (SSSR count). The second-order valence-corrected chi connectivity index (χ2v) is 7.91. The van der Waals surface area contributed by atoms with Gasteiger partial charge < -0.3 is 14.2 Å². The van der Waals surface area contributed by atoms with Crippen LogP contribution in [-0.4, -0.2) is 82.1 Å². The highest BCUT2D eigenvalue weighted by Gasteiger charge is 2.43. The van der Waals surface area contributed by atoms with Gasteiger partial charge in [-0.15, -0.1) is 0 Å². The molecule has 8 nitrogen and oxygen atoms in total. The van der Waals surface area contributed by atoms with Crippen LogP contribution in [0.5, 0.6) is 0 Å². The summed E-state index contributed by atoms with van der Waals surface area (Å²) in [7, 11) is 3.96. The largest absolute Gasteiger partial charge is 0.454 e. The first-order valence-electron chi connectivity index (χ1n) is 9.77. The monoisotopic (exact) mass is 385 g/mol. The fourth-order valence-electron chi connectivity index (χ4n) is 4.22. The lowest BCUT2D eigenvalue weighted by atomic mass is 9.86. The molecule has 0 aromatic carbocycles. The maximum Gasteiger partial charge on any atom is 0.289 e. The minimum absolute atomic E-state index is 0.0804. The van der Waals surface area contributed by atoms with Crippen molar-refractivity contribution in [1.29, 1.82) is 0 Å². The van der Waals surface area contributed by atoms with E-state index in [1.165, 1.54) is 0 Å². The number of aromatic nitrogens is 2. The Labute approximate surface area is 164 Å². The van der Waals surface area contributed by atoms with Crippen LogP contribution in [-0.2, 0) is 11.3 Å². The van der Waals surface area contributed by atoms with Crippen molar-refractivity contribution in [3.8, 4) is 0 Å². The molecule has 28 heavy (non-hydrogen) atoms. The first kappa shape index (κ1) is 18.7. The van der Waals surface area contributed by atoms with Crippen molar-refractivity contribution in [1.82, 2.24) is 24.5 Å². The van der Waals surface area contributed by atoms with Gasteiger partial charge in [0.05, 0.1) is 6.54 Å². The fraction of sp³-hybridized carbons (Fsp3) is 0.550. The zero-order valence-electron chi connectivity index (χ0n) is 16.5. The number of likely N-dealkylation sites (N-methyl/N-ethyl adjacent to an activating group) is 1. The summed E-state index contributed by atoms with van der Waals surface area (Å²) >= 11 is 0. The van der Waals surface area contributed by atoms with Crippen molar-refractivity contribution in [2.45, 2.75) is 31.3 Å². The maximum atomic E-state index is 13.1. The molecular weight excluding hydrogens is 358 g/mol. The normalized spacial score (nSPS) is 24.0. The van der Waals surface area contributed by atoms with Crippen LogP contribution in [0.1, 0.15) is 35.6 Å².